The lowest BCUT2D eigenvalue weighted by molar-refractivity contribution is 0.0334. The zero-order valence-electron chi connectivity index (χ0n) is 8.55. The molecule has 2 atom stereocenters. The highest BCUT2D eigenvalue weighted by Crippen LogP contribution is 2.15. The monoisotopic (exact) mass is 175 g/mol. The third kappa shape index (κ3) is 5.52. The Balaban J connectivity index is 3.60. The molecule has 2 N–H and O–H groups in total. The first-order chi connectivity index (χ1) is 5.52. The summed E-state index contributed by atoms with van der Waals surface area (Å²) in [6.45, 7) is 6.44. The lowest BCUT2D eigenvalue weighted by Crippen LogP contribution is -2.36. The fourth-order valence-corrected chi connectivity index (χ4v) is 1.10. The van der Waals surface area contributed by atoms with Crippen LogP contribution in [0.4, 0.5) is 0 Å². The fourth-order valence-electron chi connectivity index (χ4n) is 1.10. The summed E-state index contributed by atoms with van der Waals surface area (Å²) in [6, 6.07) is 0.292. The summed E-state index contributed by atoms with van der Waals surface area (Å²) >= 11 is 0. The second-order valence-electron chi connectivity index (χ2n) is 3.59. The van der Waals surface area contributed by atoms with Crippen molar-refractivity contribution >= 4 is 0 Å². The molecule has 0 rings (SSSR count). The van der Waals surface area contributed by atoms with Crippen LogP contribution in [0.3, 0.4) is 0 Å². The number of nitrogens with one attached hydrogen (secondary N) is 1. The number of rotatable bonds is 6. The van der Waals surface area contributed by atoms with Gasteiger partial charge in [-0.2, -0.15) is 0 Å². The van der Waals surface area contributed by atoms with Gasteiger partial charge in [0.15, 0.2) is 0 Å². The van der Waals surface area contributed by atoms with E-state index in [0.29, 0.717) is 12.8 Å². The Hall–Kier alpha value is -0.120. The van der Waals surface area contributed by atoms with Crippen molar-refractivity contribution in [2.45, 2.75) is 45.3 Å². The number of aliphatic hydroxyl groups is 1. The number of ether oxygens (including phenoxy) is 1. The van der Waals surface area contributed by atoms with Gasteiger partial charge in [-0.3, -0.25) is 5.32 Å². The molecule has 0 aromatic heterocycles. The maximum Gasteiger partial charge on any atom is 0.0963 e. The van der Waals surface area contributed by atoms with Crippen molar-refractivity contribution in [1.82, 2.24) is 5.32 Å². The van der Waals surface area contributed by atoms with E-state index < -0.39 is 5.60 Å². The van der Waals surface area contributed by atoms with Gasteiger partial charge in [-0.1, -0.05) is 6.92 Å². The third-order valence-corrected chi connectivity index (χ3v) is 2.08. The Morgan fingerprint density at radius 3 is 2.58 bits per heavy atom. The Kier molecular flexibility index (Phi) is 5.46. The summed E-state index contributed by atoms with van der Waals surface area (Å²) in [5, 5.41) is 12.9. The second kappa shape index (κ2) is 5.51. The van der Waals surface area contributed by atoms with Crippen LogP contribution in [0.1, 0.15) is 33.6 Å². The Morgan fingerprint density at radius 1 is 1.58 bits per heavy atom. The summed E-state index contributed by atoms with van der Waals surface area (Å²) in [6.07, 6.45) is 1.54. The SMILES string of the molecule is CCC(C)(O)CC(C)NCOC. The first-order valence-corrected chi connectivity index (χ1v) is 4.46. The average Bonchev–Trinajstić information content (AvgIpc) is 2.00. The van der Waals surface area contributed by atoms with E-state index in [9.17, 15) is 5.11 Å². The first-order valence-electron chi connectivity index (χ1n) is 4.46. The van der Waals surface area contributed by atoms with E-state index in [-0.39, 0.29) is 0 Å². The Bertz CT molecular complexity index is 115. The van der Waals surface area contributed by atoms with Crippen molar-refractivity contribution in [3.63, 3.8) is 0 Å². The largest absolute Gasteiger partial charge is 0.390 e. The highest BCUT2D eigenvalue weighted by molar-refractivity contribution is 4.75. The van der Waals surface area contributed by atoms with Crippen molar-refractivity contribution in [2.24, 2.45) is 0 Å². The molecular weight excluding hydrogens is 154 g/mol. The predicted octanol–water partition coefficient (Wildman–Crippen LogP) is 1.12. The average molecular weight is 175 g/mol. The second-order valence-corrected chi connectivity index (χ2v) is 3.59. The highest BCUT2D eigenvalue weighted by Gasteiger charge is 2.20. The fraction of sp³-hybridized carbons (Fsp3) is 1.00. The van der Waals surface area contributed by atoms with Crippen molar-refractivity contribution in [1.29, 1.82) is 0 Å². The topological polar surface area (TPSA) is 41.5 Å². The van der Waals surface area contributed by atoms with Crippen molar-refractivity contribution in [2.75, 3.05) is 13.8 Å². The Morgan fingerprint density at radius 2 is 2.17 bits per heavy atom. The minimum Gasteiger partial charge on any atom is -0.390 e. The molecule has 0 aliphatic heterocycles. The van der Waals surface area contributed by atoms with Gasteiger partial charge in [0, 0.05) is 13.2 Å². The van der Waals surface area contributed by atoms with Crippen molar-refractivity contribution in [3.8, 4) is 0 Å². The molecule has 0 aromatic rings. The number of hydrogen-bond donors (Lipinski definition) is 2. The van der Waals surface area contributed by atoms with Crippen LogP contribution < -0.4 is 5.32 Å². The van der Waals surface area contributed by atoms with Crippen LogP contribution in [0.2, 0.25) is 0 Å². The van der Waals surface area contributed by atoms with Crippen LogP contribution in [0.5, 0.6) is 0 Å². The zero-order chi connectivity index (χ0) is 9.61. The molecule has 0 aliphatic carbocycles. The maximum absolute atomic E-state index is 9.71. The van der Waals surface area contributed by atoms with Crippen LogP contribution in [-0.4, -0.2) is 30.6 Å². The molecule has 0 aliphatic rings. The van der Waals surface area contributed by atoms with Crippen molar-refractivity contribution < 1.29 is 9.84 Å². The lowest BCUT2D eigenvalue weighted by Gasteiger charge is -2.25. The van der Waals surface area contributed by atoms with E-state index in [1.54, 1.807) is 7.11 Å². The minimum absolute atomic E-state index is 0.292. The van der Waals surface area contributed by atoms with Crippen LogP contribution in [0, 0.1) is 0 Å². The molecular formula is C9H21NO2. The van der Waals surface area contributed by atoms with E-state index in [4.69, 9.17) is 4.74 Å². The molecule has 0 bridgehead atoms. The molecule has 0 aromatic carbocycles. The van der Waals surface area contributed by atoms with Crippen LogP contribution in [0.15, 0.2) is 0 Å². The van der Waals surface area contributed by atoms with Gasteiger partial charge in [-0.15, -0.1) is 0 Å². The van der Waals surface area contributed by atoms with Gasteiger partial charge in [0.1, 0.15) is 0 Å². The molecule has 0 saturated carbocycles. The molecule has 0 amide bonds. The standard InChI is InChI=1S/C9H21NO2/c1-5-9(3,11)6-8(2)10-7-12-4/h8,10-11H,5-7H2,1-4H3. The van der Waals surface area contributed by atoms with Gasteiger partial charge in [0.2, 0.25) is 0 Å². The third-order valence-electron chi connectivity index (χ3n) is 2.08. The molecule has 0 fully saturated rings. The first kappa shape index (κ1) is 11.9. The van der Waals surface area contributed by atoms with Gasteiger partial charge in [-0.05, 0) is 26.7 Å². The molecule has 0 spiro atoms. The highest BCUT2D eigenvalue weighted by atomic mass is 16.5. The molecule has 74 valence electrons. The number of methoxy groups -OCH3 is 1. The van der Waals surface area contributed by atoms with Crippen LogP contribution >= 0.6 is 0 Å². The van der Waals surface area contributed by atoms with E-state index in [1.807, 2.05) is 20.8 Å². The predicted molar refractivity (Wildman–Crippen MR) is 50.0 cm³/mol. The number of hydrogen-bond acceptors (Lipinski definition) is 3. The summed E-state index contributed by atoms with van der Waals surface area (Å²) < 4.78 is 4.87. The zero-order valence-corrected chi connectivity index (χ0v) is 8.55. The Labute approximate surface area is 75.1 Å². The molecule has 0 heterocycles. The quantitative estimate of drug-likeness (QED) is 0.594. The van der Waals surface area contributed by atoms with Gasteiger partial charge in [0.25, 0.3) is 0 Å². The molecule has 3 heteroatoms. The normalized spacial score (nSPS) is 18.8. The molecule has 12 heavy (non-hydrogen) atoms. The van der Waals surface area contributed by atoms with E-state index in [2.05, 4.69) is 5.32 Å². The van der Waals surface area contributed by atoms with Gasteiger partial charge < -0.3 is 9.84 Å². The van der Waals surface area contributed by atoms with Crippen molar-refractivity contribution in [3.05, 3.63) is 0 Å². The molecule has 2 unspecified atom stereocenters. The summed E-state index contributed by atoms with van der Waals surface area (Å²) in [5.74, 6) is 0. The van der Waals surface area contributed by atoms with E-state index in [0.717, 1.165) is 12.8 Å². The minimum atomic E-state index is -0.555. The summed E-state index contributed by atoms with van der Waals surface area (Å²) in [7, 11) is 1.65. The van der Waals surface area contributed by atoms with E-state index in [1.165, 1.54) is 0 Å². The van der Waals surface area contributed by atoms with Gasteiger partial charge in [-0.25, -0.2) is 0 Å². The summed E-state index contributed by atoms with van der Waals surface area (Å²) in [5.41, 5.74) is -0.555. The summed E-state index contributed by atoms with van der Waals surface area (Å²) in [4.78, 5) is 0. The molecule has 0 radical (unpaired) electrons. The lowest BCUT2D eigenvalue weighted by atomic mass is 9.95. The maximum atomic E-state index is 9.71. The molecule has 3 nitrogen and oxygen atoms in total. The van der Waals surface area contributed by atoms with Crippen LogP contribution in [-0.2, 0) is 4.74 Å². The van der Waals surface area contributed by atoms with Crippen LogP contribution in [0.25, 0.3) is 0 Å². The van der Waals surface area contributed by atoms with E-state index >= 15 is 0 Å². The smallest absolute Gasteiger partial charge is 0.0963 e. The van der Waals surface area contributed by atoms with Gasteiger partial charge >= 0.3 is 0 Å². The van der Waals surface area contributed by atoms with Gasteiger partial charge in [0.05, 0.1) is 12.3 Å². The molecule has 0 saturated heterocycles.